The molecule has 1 atom stereocenters. The number of nitrogens with zero attached hydrogens (tertiary/aromatic N) is 1. The Morgan fingerprint density at radius 1 is 1.26 bits per heavy atom. The predicted octanol–water partition coefficient (Wildman–Crippen LogP) is 3.60. The summed E-state index contributed by atoms with van der Waals surface area (Å²) < 4.78 is 0. The second kappa shape index (κ2) is 5.05. The Hall–Kier alpha value is -0.0600. The summed E-state index contributed by atoms with van der Waals surface area (Å²) in [6.07, 6.45) is 4.98. The second-order valence-electron chi connectivity index (χ2n) is 6.69. The topological polar surface area (TPSA) is 24.9 Å². The van der Waals surface area contributed by atoms with Crippen molar-refractivity contribution in [1.29, 1.82) is 0 Å². The van der Waals surface area contributed by atoms with Crippen LogP contribution in [-0.2, 0) is 18.4 Å². The third kappa shape index (κ3) is 2.59. The molecule has 106 valence electrons. The number of hydrogen-bond donors (Lipinski definition) is 1. The van der Waals surface area contributed by atoms with E-state index in [9.17, 15) is 0 Å². The van der Waals surface area contributed by atoms with Gasteiger partial charge in [0, 0.05) is 10.6 Å². The van der Waals surface area contributed by atoms with E-state index >= 15 is 0 Å². The van der Waals surface area contributed by atoms with E-state index in [1.54, 1.807) is 4.88 Å². The van der Waals surface area contributed by atoms with E-state index in [2.05, 4.69) is 37.8 Å². The van der Waals surface area contributed by atoms with Crippen molar-refractivity contribution < 1.29 is 0 Å². The van der Waals surface area contributed by atoms with Gasteiger partial charge in [-0.1, -0.05) is 20.8 Å². The Morgan fingerprint density at radius 3 is 2.79 bits per heavy atom. The maximum Gasteiger partial charge on any atom is 0.114 e. The average Bonchev–Trinajstić information content (AvgIpc) is 2.87. The molecule has 19 heavy (non-hydrogen) atoms. The van der Waals surface area contributed by atoms with E-state index in [0.717, 1.165) is 6.54 Å². The summed E-state index contributed by atoms with van der Waals surface area (Å²) >= 11 is 4.07. The predicted molar refractivity (Wildman–Crippen MR) is 85.2 cm³/mol. The van der Waals surface area contributed by atoms with Crippen molar-refractivity contribution in [2.45, 2.75) is 52.0 Å². The molecule has 0 amide bonds. The number of rotatable bonds is 3. The van der Waals surface area contributed by atoms with Crippen LogP contribution in [0.4, 0.5) is 0 Å². The molecule has 1 aliphatic carbocycles. The van der Waals surface area contributed by atoms with Crippen LogP contribution in [0.1, 0.15) is 49.2 Å². The number of thioether (sulfide) groups is 1. The van der Waals surface area contributed by atoms with E-state index in [0.29, 0.717) is 5.41 Å². The Morgan fingerprint density at radius 2 is 2.11 bits per heavy atom. The van der Waals surface area contributed by atoms with Crippen molar-refractivity contribution in [3.63, 3.8) is 0 Å². The van der Waals surface area contributed by atoms with Gasteiger partial charge < -0.3 is 5.32 Å². The Bertz CT molecular complexity index is 441. The second-order valence-corrected chi connectivity index (χ2v) is 8.76. The molecule has 0 spiro atoms. The lowest BCUT2D eigenvalue weighted by Gasteiger charge is -2.44. The minimum absolute atomic E-state index is 0.121. The first-order chi connectivity index (χ1) is 9.05. The third-order valence-corrected chi connectivity index (χ3v) is 7.19. The first-order valence-electron chi connectivity index (χ1n) is 7.36. The molecular weight excluding hydrogens is 272 g/mol. The molecule has 0 bridgehead atoms. The van der Waals surface area contributed by atoms with Crippen LogP contribution < -0.4 is 5.32 Å². The highest BCUT2D eigenvalue weighted by atomic mass is 32.2. The van der Waals surface area contributed by atoms with Gasteiger partial charge >= 0.3 is 0 Å². The normalized spacial score (nSPS) is 29.4. The van der Waals surface area contributed by atoms with Crippen molar-refractivity contribution in [3.8, 4) is 0 Å². The molecule has 1 unspecified atom stereocenters. The van der Waals surface area contributed by atoms with Gasteiger partial charge in [0.15, 0.2) is 0 Å². The fourth-order valence-electron chi connectivity index (χ4n) is 3.48. The van der Waals surface area contributed by atoms with Gasteiger partial charge in [0.05, 0.1) is 11.2 Å². The highest BCUT2D eigenvalue weighted by Gasteiger charge is 2.43. The molecule has 0 aromatic carbocycles. The largest absolute Gasteiger partial charge is 0.305 e. The molecule has 2 heterocycles. The van der Waals surface area contributed by atoms with E-state index < -0.39 is 0 Å². The van der Waals surface area contributed by atoms with E-state index in [1.165, 1.54) is 47.9 Å². The number of hydrogen-bond acceptors (Lipinski definition) is 4. The van der Waals surface area contributed by atoms with Crippen molar-refractivity contribution >= 4 is 23.1 Å². The molecule has 3 rings (SSSR count). The van der Waals surface area contributed by atoms with Crippen LogP contribution in [0.2, 0.25) is 0 Å². The lowest BCUT2D eigenvalue weighted by atomic mass is 9.80. The first kappa shape index (κ1) is 13.9. The monoisotopic (exact) mass is 296 g/mol. The fraction of sp³-hybridized carbons (Fsp3) is 0.800. The highest BCUT2D eigenvalue weighted by Crippen LogP contribution is 2.46. The first-order valence-corrected chi connectivity index (χ1v) is 9.34. The van der Waals surface area contributed by atoms with Crippen LogP contribution in [0.25, 0.3) is 0 Å². The van der Waals surface area contributed by atoms with Gasteiger partial charge in [-0.3, -0.25) is 0 Å². The average molecular weight is 297 g/mol. The number of fused-ring (bicyclic) bond motifs is 1. The van der Waals surface area contributed by atoms with Gasteiger partial charge in [0.25, 0.3) is 0 Å². The molecule has 2 nitrogen and oxygen atoms in total. The maximum absolute atomic E-state index is 5.01. The number of thiazole rings is 1. The molecule has 1 aromatic heterocycles. The summed E-state index contributed by atoms with van der Waals surface area (Å²) in [6.45, 7) is 8.04. The standard InChI is InChI=1S/C15H24N2S2/c1-4-16-15(8-14(2,3)9-18-10-15)13-17-11-6-5-7-12(11)19-13/h16H,4-10H2,1-3H3. The Kier molecular flexibility index (Phi) is 3.69. The minimum atomic E-state index is 0.121. The van der Waals surface area contributed by atoms with E-state index in [4.69, 9.17) is 4.98 Å². The van der Waals surface area contributed by atoms with Crippen LogP contribution in [0.3, 0.4) is 0 Å². The van der Waals surface area contributed by atoms with Crippen molar-refractivity contribution in [2.24, 2.45) is 5.41 Å². The molecule has 1 N–H and O–H groups in total. The third-order valence-electron chi connectivity index (χ3n) is 4.14. The maximum atomic E-state index is 5.01. The molecule has 1 saturated heterocycles. The Balaban J connectivity index is 1.94. The quantitative estimate of drug-likeness (QED) is 0.922. The number of nitrogens with one attached hydrogen (secondary N) is 1. The van der Waals surface area contributed by atoms with Crippen molar-refractivity contribution in [2.75, 3.05) is 18.1 Å². The zero-order valence-corrected chi connectivity index (χ0v) is 13.8. The van der Waals surface area contributed by atoms with Crippen LogP contribution in [0, 0.1) is 5.41 Å². The van der Waals surface area contributed by atoms with E-state index in [-0.39, 0.29) is 5.54 Å². The lowest BCUT2D eigenvalue weighted by Crippen LogP contribution is -2.50. The molecule has 0 radical (unpaired) electrons. The Labute approximate surface area is 124 Å². The summed E-state index contributed by atoms with van der Waals surface area (Å²) in [5.41, 5.74) is 1.92. The summed E-state index contributed by atoms with van der Waals surface area (Å²) in [7, 11) is 0. The number of aromatic nitrogens is 1. The lowest BCUT2D eigenvalue weighted by molar-refractivity contribution is 0.227. The van der Waals surface area contributed by atoms with Crippen LogP contribution in [-0.4, -0.2) is 23.0 Å². The van der Waals surface area contributed by atoms with Gasteiger partial charge in [-0.25, -0.2) is 4.98 Å². The molecule has 1 fully saturated rings. The van der Waals surface area contributed by atoms with Crippen molar-refractivity contribution in [1.82, 2.24) is 10.3 Å². The summed E-state index contributed by atoms with van der Waals surface area (Å²) in [5, 5.41) is 5.15. The molecule has 2 aliphatic rings. The van der Waals surface area contributed by atoms with Crippen LogP contribution >= 0.6 is 23.1 Å². The molecule has 0 saturated carbocycles. The highest BCUT2D eigenvalue weighted by molar-refractivity contribution is 7.99. The molecular formula is C15H24N2S2. The zero-order chi connectivity index (χ0) is 13.5. The van der Waals surface area contributed by atoms with Gasteiger partial charge in [-0.15, -0.1) is 11.3 Å². The molecule has 1 aliphatic heterocycles. The fourth-order valence-corrected chi connectivity index (χ4v) is 6.33. The summed E-state index contributed by atoms with van der Waals surface area (Å²) in [6, 6.07) is 0. The van der Waals surface area contributed by atoms with Gasteiger partial charge in [0.1, 0.15) is 5.01 Å². The van der Waals surface area contributed by atoms with Crippen molar-refractivity contribution in [3.05, 3.63) is 15.6 Å². The molecule has 4 heteroatoms. The SMILES string of the molecule is CCNC1(c2nc3c(s2)CCC3)CSCC(C)(C)C1. The van der Waals surface area contributed by atoms with Gasteiger partial charge in [-0.05, 0) is 43.4 Å². The number of aryl methyl sites for hydroxylation is 2. The minimum Gasteiger partial charge on any atom is -0.305 e. The smallest absolute Gasteiger partial charge is 0.114 e. The van der Waals surface area contributed by atoms with E-state index in [1.807, 2.05) is 11.3 Å². The van der Waals surface area contributed by atoms with Gasteiger partial charge in [-0.2, -0.15) is 11.8 Å². The van der Waals surface area contributed by atoms with Gasteiger partial charge in [0.2, 0.25) is 0 Å². The zero-order valence-electron chi connectivity index (χ0n) is 12.2. The summed E-state index contributed by atoms with van der Waals surface area (Å²) in [4.78, 5) is 6.57. The van der Waals surface area contributed by atoms with Crippen LogP contribution in [0.15, 0.2) is 0 Å². The molecule has 1 aromatic rings. The summed E-state index contributed by atoms with van der Waals surface area (Å²) in [5.74, 6) is 2.45. The van der Waals surface area contributed by atoms with Crippen LogP contribution in [0.5, 0.6) is 0 Å².